The molecule has 0 saturated carbocycles. The lowest BCUT2D eigenvalue weighted by atomic mass is 10.1. The van der Waals surface area contributed by atoms with Crippen LogP contribution >= 0.6 is 0 Å². The average molecular weight is 366 g/mol. The second kappa shape index (κ2) is 8.09. The SMILES string of the molecule is CC(C)N(CCc1ccc([N+](=O)[O-])cc1)Cc1nc2ccccc2c(=O)[nH]1. The molecule has 0 radical (unpaired) electrons. The topological polar surface area (TPSA) is 92.1 Å². The maximum atomic E-state index is 12.2. The highest BCUT2D eigenvalue weighted by Crippen LogP contribution is 2.14. The number of para-hydroxylation sites is 1. The van der Waals surface area contributed by atoms with Crippen molar-refractivity contribution in [3.05, 3.63) is 80.4 Å². The van der Waals surface area contributed by atoms with Gasteiger partial charge in [-0.05, 0) is 38.0 Å². The zero-order valence-corrected chi connectivity index (χ0v) is 15.4. The van der Waals surface area contributed by atoms with E-state index < -0.39 is 4.92 Å². The van der Waals surface area contributed by atoms with Gasteiger partial charge < -0.3 is 4.98 Å². The fourth-order valence-electron chi connectivity index (χ4n) is 2.98. The Kier molecular flexibility index (Phi) is 5.61. The summed E-state index contributed by atoms with van der Waals surface area (Å²) in [6.45, 7) is 5.47. The minimum absolute atomic E-state index is 0.0948. The van der Waals surface area contributed by atoms with Crippen molar-refractivity contribution in [2.75, 3.05) is 6.54 Å². The molecule has 0 fully saturated rings. The normalized spacial score (nSPS) is 11.4. The molecule has 3 aromatic rings. The molecule has 1 aromatic heterocycles. The third-order valence-corrected chi connectivity index (χ3v) is 4.58. The van der Waals surface area contributed by atoms with Crippen LogP contribution in [0.15, 0.2) is 53.3 Å². The van der Waals surface area contributed by atoms with Gasteiger partial charge in [0, 0.05) is 24.7 Å². The van der Waals surface area contributed by atoms with Gasteiger partial charge in [-0.1, -0.05) is 24.3 Å². The monoisotopic (exact) mass is 366 g/mol. The number of hydrogen-bond acceptors (Lipinski definition) is 5. The molecule has 0 aliphatic heterocycles. The summed E-state index contributed by atoms with van der Waals surface area (Å²) < 4.78 is 0. The van der Waals surface area contributed by atoms with Crippen molar-refractivity contribution in [3.8, 4) is 0 Å². The largest absolute Gasteiger partial charge is 0.309 e. The first-order valence-corrected chi connectivity index (χ1v) is 8.89. The van der Waals surface area contributed by atoms with Gasteiger partial charge in [0.25, 0.3) is 11.2 Å². The molecule has 0 aliphatic rings. The molecule has 7 heteroatoms. The number of nitrogens with one attached hydrogen (secondary N) is 1. The van der Waals surface area contributed by atoms with Crippen molar-refractivity contribution >= 4 is 16.6 Å². The lowest BCUT2D eigenvalue weighted by Crippen LogP contribution is -2.33. The van der Waals surface area contributed by atoms with Crippen molar-refractivity contribution in [1.82, 2.24) is 14.9 Å². The predicted octanol–water partition coefficient (Wildman–Crippen LogP) is 3.28. The average Bonchev–Trinajstić information content (AvgIpc) is 2.65. The van der Waals surface area contributed by atoms with Crippen LogP contribution < -0.4 is 5.56 Å². The Labute approximate surface area is 156 Å². The summed E-state index contributed by atoms with van der Waals surface area (Å²) in [5, 5.41) is 11.3. The number of hydrogen-bond donors (Lipinski definition) is 1. The van der Waals surface area contributed by atoms with E-state index in [1.165, 1.54) is 12.1 Å². The van der Waals surface area contributed by atoms with Crippen molar-refractivity contribution in [1.29, 1.82) is 0 Å². The van der Waals surface area contributed by atoms with Gasteiger partial charge in [0.15, 0.2) is 0 Å². The van der Waals surface area contributed by atoms with Gasteiger partial charge in [-0.15, -0.1) is 0 Å². The molecule has 0 spiro atoms. The third-order valence-electron chi connectivity index (χ3n) is 4.58. The molecule has 0 saturated heterocycles. The quantitative estimate of drug-likeness (QED) is 0.512. The zero-order chi connectivity index (χ0) is 19.4. The molecule has 0 atom stereocenters. The van der Waals surface area contributed by atoms with Gasteiger partial charge in [0.1, 0.15) is 5.82 Å². The number of non-ortho nitro benzene ring substituents is 1. The second-order valence-corrected chi connectivity index (χ2v) is 6.77. The zero-order valence-electron chi connectivity index (χ0n) is 15.4. The Morgan fingerprint density at radius 2 is 1.85 bits per heavy atom. The first-order valence-electron chi connectivity index (χ1n) is 8.89. The van der Waals surface area contributed by atoms with Gasteiger partial charge in [-0.3, -0.25) is 19.8 Å². The van der Waals surface area contributed by atoms with Crippen LogP contribution in [0.25, 0.3) is 10.9 Å². The number of nitrogens with zero attached hydrogens (tertiary/aromatic N) is 3. The molecule has 3 rings (SSSR count). The molecule has 1 heterocycles. The summed E-state index contributed by atoms with van der Waals surface area (Å²) in [6.07, 6.45) is 0.758. The van der Waals surface area contributed by atoms with Crippen LogP contribution in [0.3, 0.4) is 0 Å². The number of rotatable bonds is 7. The molecule has 7 nitrogen and oxygen atoms in total. The smallest absolute Gasteiger partial charge is 0.269 e. The van der Waals surface area contributed by atoms with E-state index in [1.807, 2.05) is 18.2 Å². The molecule has 1 N–H and O–H groups in total. The molecule has 27 heavy (non-hydrogen) atoms. The van der Waals surface area contributed by atoms with Gasteiger partial charge in [0.2, 0.25) is 0 Å². The Balaban J connectivity index is 1.72. The van der Waals surface area contributed by atoms with Gasteiger partial charge >= 0.3 is 0 Å². The van der Waals surface area contributed by atoms with Crippen molar-refractivity contribution in [2.24, 2.45) is 0 Å². The predicted molar refractivity (Wildman–Crippen MR) is 105 cm³/mol. The molecule has 0 bridgehead atoms. The van der Waals surface area contributed by atoms with Crippen molar-refractivity contribution in [2.45, 2.75) is 32.9 Å². The fourth-order valence-corrected chi connectivity index (χ4v) is 2.98. The highest BCUT2D eigenvalue weighted by Gasteiger charge is 2.13. The summed E-state index contributed by atoms with van der Waals surface area (Å²) in [7, 11) is 0. The first-order chi connectivity index (χ1) is 12.9. The fraction of sp³-hybridized carbons (Fsp3) is 0.300. The Morgan fingerprint density at radius 1 is 1.15 bits per heavy atom. The van der Waals surface area contributed by atoms with E-state index in [0.717, 1.165) is 18.5 Å². The molecule has 0 amide bonds. The van der Waals surface area contributed by atoms with Crippen LogP contribution in [0.5, 0.6) is 0 Å². The Morgan fingerprint density at radius 3 is 2.52 bits per heavy atom. The van der Waals surface area contributed by atoms with Crippen molar-refractivity contribution in [3.63, 3.8) is 0 Å². The van der Waals surface area contributed by atoms with Crippen LogP contribution in [-0.2, 0) is 13.0 Å². The number of H-pyrrole nitrogens is 1. The minimum Gasteiger partial charge on any atom is -0.309 e. The number of benzene rings is 2. The number of fused-ring (bicyclic) bond motifs is 1. The summed E-state index contributed by atoms with van der Waals surface area (Å²) in [5.41, 5.74) is 1.69. The highest BCUT2D eigenvalue weighted by atomic mass is 16.6. The summed E-state index contributed by atoms with van der Waals surface area (Å²) in [5.74, 6) is 0.635. The van der Waals surface area contributed by atoms with Gasteiger partial charge in [-0.25, -0.2) is 4.98 Å². The molecular formula is C20H22N4O3. The molecular weight excluding hydrogens is 344 g/mol. The van der Waals surface area contributed by atoms with Crippen LogP contribution in [0.2, 0.25) is 0 Å². The molecule has 0 unspecified atom stereocenters. The van der Waals surface area contributed by atoms with Crippen LogP contribution in [-0.4, -0.2) is 32.4 Å². The van der Waals surface area contributed by atoms with Gasteiger partial charge in [-0.2, -0.15) is 0 Å². The first kappa shape index (κ1) is 18.7. The van der Waals surface area contributed by atoms with Gasteiger partial charge in [0.05, 0.1) is 22.4 Å². The lowest BCUT2D eigenvalue weighted by Gasteiger charge is -2.26. The Bertz CT molecular complexity index is 996. The van der Waals surface area contributed by atoms with E-state index in [0.29, 0.717) is 23.3 Å². The summed E-state index contributed by atoms with van der Waals surface area (Å²) >= 11 is 0. The van der Waals surface area contributed by atoms with E-state index >= 15 is 0 Å². The Hall–Kier alpha value is -3.06. The maximum Gasteiger partial charge on any atom is 0.269 e. The standard InChI is InChI=1S/C20H22N4O3/c1-14(2)23(12-11-15-7-9-16(10-8-15)24(26)27)13-19-21-18-6-4-3-5-17(18)20(25)22-19/h3-10,14H,11-13H2,1-2H3,(H,21,22,25). The van der Waals surface area contributed by atoms with Crippen molar-refractivity contribution < 1.29 is 4.92 Å². The van der Waals surface area contributed by atoms with E-state index in [9.17, 15) is 14.9 Å². The van der Waals surface area contributed by atoms with E-state index in [1.54, 1.807) is 18.2 Å². The number of nitro benzene ring substituents is 1. The molecule has 140 valence electrons. The number of aromatic amines is 1. The van der Waals surface area contributed by atoms with Crippen LogP contribution in [0.1, 0.15) is 25.2 Å². The summed E-state index contributed by atoms with van der Waals surface area (Å²) in [6, 6.07) is 14.2. The molecule has 2 aromatic carbocycles. The minimum atomic E-state index is -0.397. The number of nitro groups is 1. The third kappa shape index (κ3) is 4.57. The molecule has 0 aliphatic carbocycles. The highest BCUT2D eigenvalue weighted by molar-refractivity contribution is 5.77. The van der Waals surface area contributed by atoms with Crippen LogP contribution in [0, 0.1) is 10.1 Å². The van der Waals surface area contributed by atoms with E-state index in [-0.39, 0.29) is 17.3 Å². The van der Waals surface area contributed by atoms with Crippen LogP contribution in [0.4, 0.5) is 5.69 Å². The summed E-state index contributed by atoms with van der Waals surface area (Å²) in [4.78, 5) is 32.3. The maximum absolute atomic E-state index is 12.2. The van der Waals surface area contributed by atoms with E-state index in [4.69, 9.17) is 0 Å². The van der Waals surface area contributed by atoms with E-state index in [2.05, 4.69) is 28.7 Å². The lowest BCUT2D eigenvalue weighted by molar-refractivity contribution is -0.384. The number of aromatic nitrogens is 2. The second-order valence-electron chi connectivity index (χ2n) is 6.77.